The van der Waals surface area contributed by atoms with Gasteiger partial charge in [0, 0.05) is 6.42 Å². The van der Waals surface area contributed by atoms with Gasteiger partial charge in [-0.05, 0) is 51.4 Å². The third kappa shape index (κ3) is 18.7. The molecule has 148 valence electrons. The van der Waals surface area contributed by atoms with Crippen molar-refractivity contribution in [2.24, 2.45) is 0 Å². The molecule has 0 bridgehead atoms. The highest BCUT2D eigenvalue weighted by molar-refractivity contribution is 5.66. The minimum atomic E-state index is -0.744. The Morgan fingerprint density at radius 3 is 2.15 bits per heavy atom. The van der Waals surface area contributed by atoms with Gasteiger partial charge in [0.25, 0.3) is 0 Å². The lowest BCUT2D eigenvalue weighted by Crippen LogP contribution is -2.05. The molecule has 0 unspecified atom stereocenters. The van der Waals surface area contributed by atoms with E-state index in [2.05, 4.69) is 36.1 Å². The molecule has 0 heterocycles. The highest BCUT2D eigenvalue weighted by Gasteiger charge is 2.00. The first-order valence-electron chi connectivity index (χ1n) is 9.84. The predicted octanol–water partition coefficient (Wildman–Crippen LogP) is 6.47. The molecule has 0 saturated carbocycles. The molecule has 0 aromatic carbocycles. The third-order valence-electron chi connectivity index (χ3n) is 3.88. The van der Waals surface area contributed by atoms with Crippen LogP contribution < -0.4 is 0 Å². The Hall–Kier alpha value is -1.65. The molecule has 2 N–H and O–H groups in total. The van der Waals surface area contributed by atoms with Gasteiger partial charge in [-0.1, -0.05) is 68.4 Å². The Balaban J connectivity index is 3.49. The van der Waals surface area contributed by atoms with E-state index in [1.54, 1.807) is 0 Å². The summed E-state index contributed by atoms with van der Waals surface area (Å²) >= 11 is 0. The summed E-state index contributed by atoms with van der Waals surface area (Å²) in [6.07, 6.45) is 26.5. The van der Waals surface area contributed by atoms with Crippen molar-refractivity contribution < 1.29 is 20.0 Å². The fraction of sp³-hybridized carbons (Fsp3) is 0.591. The summed E-state index contributed by atoms with van der Waals surface area (Å²) in [4.78, 5) is 14.8. The number of aliphatic carboxylic acids is 1. The summed E-state index contributed by atoms with van der Waals surface area (Å²) in [7, 11) is 0. The van der Waals surface area contributed by atoms with E-state index < -0.39 is 5.97 Å². The quantitative estimate of drug-likeness (QED) is 0.134. The number of carboxylic acids is 1. The van der Waals surface area contributed by atoms with Gasteiger partial charge < -0.3 is 5.11 Å². The van der Waals surface area contributed by atoms with E-state index in [1.807, 2.05) is 24.3 Å². The Morgan fingerprint density at radius 2 is 1.54 bits per heavy atom. The van der Waals surface area contributed by atoms with Crippen LogP contribution in [0.5, 0.6) is 0 Å². The molecule has 0 rings (SSSR count). The molecule has 0 aromatic heterocycles. The minimum absolute atomic E-state index is 0.207. The fourth-order valence-corrected chi connectivity index (χ4v) is 2.39. The fourth-order valence-electron chi connectivity index (χ4n) is 2.39. The number of hydrogen-bond donors (Lipinski definition) is 2. The van der Waals surface area contributed by atoms with Crippen LogP contribution in [0.2, 0.25) is 0 Å². The Labute approximate surface area is 158 Å². The lowest BCUT2D eigenvalue weighted by Gasteiger charge is -2.05. The van der Waals surface area contributed by atoms with Crippen LogP contribution in [-0.2, 0) is 9.68 Å². The second-order valence-electron chi connectivity index (χ2n) is 6.29. The maximum atomic E-state index is 10.3. The van der Waals surface area contributed by atoms with Gasteiger partial charge in [-0.2, -0.15) is 0 Å². The molecule has 0 saturated heterocycles. The number of rotatable bonds is 17. The van der Waals surface area contributed by atoms with Crippen LogP contribution in [0.4, 0.5) is 0 Å². The molecule has 0 fully saturated rings. The summed E-state index contributed by atoms with van der Waals surface area (Å²) in [6, 6.07) is 0. The number of carboxylic acid groups (broad SMARTS) is 1. The molecule has 0 aliphatic rings. The van der Waals surface area contributed by atoms with Crippen LogP contribution >= 0.6 is 0 Å². The minimum Gasteiger partial charge on any atom is -0.481 e. The summed E-state index contributed by atoms with van der Waals surface area (Å²) in [5.74, 6) is -0.744. The Morgan fingerprint density at radius 1 is 0.885 bits per heavy atom. The van der Waals surface area contributed by atoms with Crippen molar-refractivity contribution in [2.45, 2.75) is 83.7 Å². The van der Waals surface area contributed by atoms with Gasteiger partial charge in [-0.15, -0.1) is 0 Å². The Bertz CT molecular complexity index is 435. The second kappa shape index (κ2) is 19.7. The van der Waals surface area contributed by atoms with Gasteiger partial charge in [0.05, 0.1) is 0 Å². The first-order chi connectivity index (χ1) is 12.7. The summed E-state index contributed by atoms with van der Waals surface area (Å²) in [5.41, 5.74) is 0. The molecule has 0 radical (unpaired) electrons. The zero-order chi connectivity index (χ0) is 19.3. The zero-order valence-electron chi connectivity index (χ0n) is 16.2. The molecule has 4 nitrogen and oxygen atoms in total. The first-order valence-corrected chi connectivity index (χ1v) is 9.84. The molecule has 1 atom stereocenters. The normalized spacial score (nSPS) is 13.6. The summed E-state index contributed by atoms with van der Waals surface area (Å²) < 4.78 is 0. The number of carbonyl (C=O) groups is 1. The molecule has 0 aliphatic heterocycles. The van der Waals surface area contributed by atoms with E-state index in [0.717, 1.165) is 32.1 Å². The highest BCUT2D eigenvalue weighted by atomic mass is 17.1. The average molecular weight is 365 g/mol. The maximum Gasteiger partial charge on any atom is 0.303 e. The van der Waals surface area contributed by atoms with Crippen molar-refractivity contribution in [3.05, 3.63) is 48.6 Å². The van der Waals surface area contributed by atoms with Crippen LogP contribution in [-0.4, -0.2) is 22.4 Å². The molecule has 4 heteroatoms. The van der Waals surface area contributed by atoms with Gasteiger partial charge in [0.1, 0.15) is 6.10 Å². The zero-order valence-corrected chi connectivity index (χ0v) is 16.2. The van der Waals surface area contributed by atoms with Crippen molar-refractivity contribution in [1.29, 1.82) is 0 Å². The second-order valence-corrected chi connectivity index (χ2v) is 6.29. The van der Waals surface area contributed by atoms with Crippen LogP contribution in [0.15, 0.2) is 48.6 Å². The van der Waals surface area contributed by atoms with E-state index in [1.165, 1.54) is 19.3 Å². The van der Waals surface area contributed by atoms with Gasteiger partial charge in [-0.3, -0.25) is 10.1 Å². The van der Waals surface area contributed by atoms with Crippen LogP contribution in [0, 0.1) is 0 Å². The maximum absolute atomic E-state index is 10.3. The SMILES string of the molecule is CCC=CC[C@@H](C=CCCCCCCC=CCC=CCCC(=O)O)OO. The molecule has 0 spiro atoms. The number of unbranched alkanes of at least 4 members (excludes halogenated alkanes) is 5. The lowest BCUT2D eigenvalue weighted by atomic mass is 10.1. The van der Waals surface area contributed by atoms with Crippen LogP contribution in [0.3, 0.4) is 0 Å². The first kappa shape index (κ1) is 24.4. The predicted molar refractivity (Wildman–Crippen MR) is 108 cm³/mol. The third-order valence-corrected chi connectivity index (χ3v) is 3.88. The van der Waals surface area contributed by atoms with Gasteiger partial charge in [-0.25, -0.2) is 4.89 Å². The van der Waals surface area contributed by atoms with Crippen molar-refractivity contribution >= 4 is 5.97 Å². The van der Waals surface area contributed by atoms with Crippen molar-refractivity contribution in [3.8, 4) is 0 Å². The summed E-state index contributed by atoms with van der Waals surface area (Å²) in [6.45, 7) is 2.08. The topological polar surface area (TPSA) is 66.8 Å². The molecular formula is C22H36O4. The molecule has 26 heavy (non-hydrogen) atoms. The van der Waals surface area contributed by atoms with E-state index >= 15 is 0 Å². The smallest absolute Gasteiger partial charge is 0.303 e. The van der Waals surface area contributed by atoms with E-state index in [4.69, 9.17) is 10.4 Å². The standard InChI is InChI=1S/C22H36O4/c1-2-3-15-18-21(26-25)19-16-13-11-9-7-5-4-6-8-10-12-14-17-20-22(23)24/h3,6,8,12,14-16,19,21,25H,2,4-5,7,9-11,13,17-18,20H2,1H3,(H,23,24)/t21-/m0/s1. The molecule has 0 aromatic rings. The largest absolute Gasteiger partial charge is 0.481 e. The number of hydrogen-bond acceptors (Lipinski definition) is 3. The van der Waals surface area contributed by atoms with Crippen LogP contribution in [0.1, 0.15) is 77.6 Å². The van der Waals surface area contributed by atoms with Crippen molar-refractivity contribution in [1.82, 2.24) is 0 Å². The van der Waals surface area contributed by atoms with Gasteiger partial charge in [0.15, 0.2) is 0 Å². The van der Waals surface area contributed by atoms with E-state index in [0.29, 0.717) is 12.8 Å². The van der Waals surface area contributed by atoms with Gasteiger partial charge in [0.2, 0.25) is 0 Å². The molecule has 0 aliphatic carbocycles. The lowest BCUT2D eigenvalue weighted by molar-refractivity contribution is -0.264. The monoisotopic (exact) mass is 364 g/mol. The summed E-state index contributed by atoms with van der Waals surface area (Å²) in [5, 5.41) is 17.3. The van der Waals surface area contributed by atoms with E-state index in [9.17, 15) is 4.79 Å². The van der Waals surface area contributed by atoms with E-state index in [-0.39, 0.29) is 12.5 Å². The molecular weight excluding hydrogens is 328 g/mol. The Kier molecular flexibility index (Phi) is 18.4. The van der Waals surface area contributed by atoms with Crippen molar-refractivity contribution in [3.63, 3.8) is 0 Å². The van der Waals surface area contributed by atoms with Crippen LogP contribution in [0.25, 0.3) is 0 Å². The number of allylic oxidation sites excluding steroid dienone is 6. The highest BCUT2D eigenvalue weighted by Crippen LogP contribution is 2.08. The van der Waals surface area contributed by atoms with Crippen molar-refractivity contribution in [2.75, 3.05) is 0 Å². The van der Waals surface area contributed by atoms with Gasteiger partial charge >= 0.3 is 5.97 Å². The molecule has 0 amide bonds. The average Bonchev–Trinajstić information content (AvgIpc) is 2.63.